The predicted molar refractivity (Wildman–Crippen MR) is 160 cm³/mol. The number of hydrogen-bond acceptors (Lipinski definition) is 7. The van der Waals surface area contributed by atoms with Crippen LogP contribution in [0.3, 0.4) is 0 Å². The standard InChI is InChI=1S/C32H32FN9O/c33-25-18-24(25)32(43)40-15-10-20(11-16-40)37-26-7-4-19-17-21(5-6-22(19)26)42-30(23-3-1-12-35-29(23)34)38-27-8-9-28(39-31(27)42)41-14-2-13-36-41/h1-3,5-6,8-9,12-14,17,20,24-26,37H,4,7,10-11,15-16,18H2,(H2,34,35)/t24-,25+,26?/m0/s1. The number of imidazole rings is 1. The Balaban J connectivity index is 1.09. The van der Waals surface area contributed by atoms with Crippen LogP contribution >= 0.6 is 0 Å². The zero-order chi connectivity index (χ0) is 29.1. The van der Waals surface area contributed by atoms with E-state index in [1.54, 1.807) is 17.1 Å². The Bertz CT molecular complexity index is 1830. The number of benzene rings is 1. The average molecular weight is 578 g/mol. The SMILES string of the molecule is Nc1ncccc1-c1nc2ccc(-n3cccn3)nc2n1-c1ccc2c(c1)CCC2NC1CCN(C(=O)[C@H]2C[C@H]2F)CC1. The fraction of sp³-hybridized carbons (Fsp3) is 0.344. The molecule has 3 aliphatic rings. The molecule has 5 heterocycles. The number of aromatic nitrogens is 6. The number of amides is 1. The fourth-order valence-corrected chi connectivity index (χ4v) is 6.63. The first-order valence-corrected chi connectivity index (χ1v) is 15.0. The Hall–Kier alpha value is -4.64. The third kappa shape index (κ3) is 4.64. The molecule has 2 aliphatic carbocycles. The lowest BCUT2D eigenvalue weighted by Gasteiger charge is -2.34. The summed E-state index contributed by atoms with van der Waals surface area (Å²) < 4.78 is 17.2. The van der Waals surface area contributed by atoms with Gasteiger partial charge in [0.25, 0.3) is 0 Å². The largest absolute Gasteiger partial charge is 0.383 e. The van der Waals surface area contributed by atoms with Crippen molar-refractivity contribution in [3.8, 4) is 22.9 Å². The number of halogens is 1. The van der Waals surface area contributed by atoms with Gasteiger partial charge in [-0.15, -0.1) is 0 Å². The van der Waals surface area contributed by atoms with Gasteiger partial charge in [0, 0.05) is 49.5 Å². The lowest BCUT2D eigenvalue weighted by atomic mass is 10.0. The maximum Gasteiger partial charge on any atom is 0.228 e. The van der Waals surface area contributed by atoms with E-state index in [9.17, 15) is 9.18 Å². The molecular weight excluding hydrogens is 545 g/mol. The van der Waals surface area contributed by atoms with Crippen LogP contribution in [-0.2, 0) is 11.2 Å². The first kappa shape index (κ1) is 26.0. The van der Waals surface area contributed by atoms with Crippen LogP contribution in [0.5, 0.6) is 0 Å². The Morgan fingerprint density at radius 2 is 1.88 bits per heavy atom. The van der Waals surface area contributed by atoms with Crippen molar-refractivity contribution in [1.29, 1.82) is 0 Å². The molecule has 0 bridgehead atoms. The molecule has 3 atom stereocenters. The summed E-state index contributed by atoms with van der Waals surface area (Å²) in [4.78, 5) is 28.5. The van der Waals surface area contributed by atoms with E-state index < -0.39 is 12.1 Å². The number of likely N-dealkylation sites (tertiary alicyclic amines) is 1. The molecule has 1 unspecified atom stereocenters. The van der Waals surface area contributed by atoms with Crippen LogP contribution in [0.1, 0.15) is 42.9 Å². The third-order valence-corrected chi connectivity index (χ3v) is 9.04. The van der Waals surface area contributed by atoms with Crippen molar-refractivity contribution in [2.45, 2.75) is 50.4 Å². The second kappa shape index (κ2) is 10.3. The number of pyridine rings is 2. The van der Waals surface area contributed by atoms with Gasteiger partial charge in [-0.1, -0.05) is 6.07 Å². The second-order valence-electron chi connectivity index (χ2n) is 11.8. The molecule has 3 N–H and O–H groups in total. The molecule has 1 aromatic carbocycles. The summed E-state index contributed by atoms with van der Waals surface area (Å²) in [5.74, 6) is 1.39. The number of alkyl halides is 1. The number of carbonyl (C=O) groups excluding carboxylic acids is 1. The number of nitrogen functional groups attached to an aromatic ring is 1. The number of nitrogens with zero attached hydrogens (tertiary/aromatic N) is 7. The maximum absolute atomic E-state index is 13.4. The molecule has 11 heteroatoms. The van der Waals surface area contributed by atoms with Gasteiger partial charge in [0.1, 0.15) is 17.5 Å². The summed E-state index contributed by atoms with van der Waals surface area (Å²) in [6.45, 7) is 1.39. The number of fused-ring (bicyclic) bond motifs is 2. The van der Waals surface area contributed by atoms with Crippen molar-refractivity contribution in [2.24, 2.45) is 5.92 Å². The minimum atomic E-state index is -0.935. The fourth-order valence-electron chi connectivity index (χ4n) is 6.63. The molecular formula is C32H32FN9O. The van der Waals surface area contributed by atoms with Crippen molar-refractivity contribution in [1.82, 2.24) is 39.5 Å². The van der Waals surface area contributed by atoms with Gasteiger partial charge in [-0.25, -0.2) is 24.0 Å². The van der Waals surface area contributed by atoms with E-state index in [0.717, 1.165) is 42.5 Å². The summed E-state index contributed by atoms with van der Waals surface area (Å²) in [5.41, 5.74) is 12.1. The summed E-state index contributed by atoms with van der Waals surface area (Å²) in [7, 11) is 0. The Morgan fingerprint density at radius 1 is 1.02 bits per heavy atom. The van der Waals surface area contributed by atoms with E-state index in [0.29, 0.717) is 48.7 Å². The van der Waals surface area contributed by atoms with Gasteiger partial charge < -0.3 is 16.0 Å². The third-order valence-electron chi connectivity index (χ3n) is 9.04. The number of carbonyl (C=O) groups is 1. The van der Waals surface area contributed by atoms with Crippen LogP contribution in [0.15, 0.2) is 67.1 Å². The normalized spacial score (nSPS) is 21.8. The van der Waals surface area contributed by atoms with Crippen molar-refractivity contribution in [3.05, 3.63) is 78.2 Å². The van der Waals surface area contributed by atoms with E-state index in [-0.39, 0.29) is 11.9 Å². The van der Waals surface area contributed by atoms with Crippen LogP contribution in [0.2, 0.25) is 0 Å². The molecule has 0 spiro atoms. The molecule has 1 amide bonds. The van der Waals surface area contributed by atoms with Crippen LogP contribution in [0, 0.1) is 5.92 Å². The Labute approximate surface area is 247 Å². The highest BCUT2D eigenvalue weighted by molar-refractivity contribution is 5.83. The van der Waals surface area contributed by atoms with Crippen LogP contribution in [0.25, 0.3) is 34.1 Å². The van der Waals surface area contributed by atoms with Gasteiger partial charge in [-0.3, -0.25) is 9.36 Å². The molecule has 218 valence electrons. The van der Waals surface area contributed by atoms with Gasteiger partial charge >= 0.3 is 0 Å². The van der Waals surface area contributed by atoms with Gasteiger partial charge in [0.05, 0.1) is 11.5 Å². The molecule has 5 aromatic rings. The number of anilines is 1. The Kier molecular flexibility index (Phi) is 6.21. The summed E-state index contributed by atoms with van der Waals surface area (Å²) in [5, 5.41) is 8.22. The van der Waals surface area contributed by atoms with Gasteiger partial charge in [0.15, 0.2) is 17.3 Å². The van der Waals surface area contributed by atoms with E-state index >= 15 is 0 Å². The summed E-state index contributed by atoms with van der Waals surface area (Å²) >= 11 is 0. The second-order valence-corrected chi connectivity index (χ2v) is 11.8. The monoisotopic (exact) mass is 577 g/mol. The number of rotatable bonds is 6. The van der Waals surface area contributed by atoms with Crippen LogP contribution < -0.4 is 11.1 Å². The lowest BCUT2D eigenvalue weighted by Crippen LogP contribution is -2.46. The molecule has 1 aliphatic heterocycles. The first-order chi connectivity index (χ1) is 21.0. The minimum Gasteiger partial charge on any atom is -0.383 e. The van der Waals surface area contributed by atoms with Gasteiger partial charge in [-0.2, -0.15) is 5.10 Å². The highest BCUT2D eigenvalue weighted by Crippen LogP contribution is 2.38. The Morgan fingerprint density at radius 3 is 2.65 bits per heavy atom. The highest BCUT2D eigenvalue weighted by atomic mass is 19.1. The number of aryl methyl sites for hydroxylation is 1. The lowest BCUT2D eigenvalue weighted by molar-refractivity contribution is -0.134. The summed E-state index contributed by atoms with van der Waals surface area (Å²) in [6, 6.07) is 16.7. The molecule has 4 aromatic heterocycles. The predicted octanol–water partition coefficient (Wildman–Crippen LogP) is 4.18. The quantitative estimate of drug-likeness (QED) is 0.311. The van der Waals surface area contributed by atoms with E-state index in [2.05, 4.69) is 38.2 Å². The maximum atomic E-state index is 13.4. The van der Waals surface area contributed by atoms with Gasteiger partial charge in [-0.05, 0) is 85.7 Å². The number of nitrogens with two attached hydrogens (primary N) is 1. The number of piperidine rings is 1. The van der Waals surface area contributed by atoms with Crippen LogP contribution in [-0.4, -0.2) is 65.4 Å². The van der Waals surface area contributed by atoms with Crippen molar-refractivity contribution in [3.63, 3.8) is 0 Å². The topological polar surface area (TPSA) is 120 Å². The molecule has 1 saturated heterocycles. The molecule has 2 fully saturated rings. The smallest absolute Gasteiger partial charge is 0.228 e. The molecule has 10 nitrogen and oxygen atoms in total. The number of hydrogen-bond donors (Lipinski definition) is 2. The highest BCUT2D eigenvalue weighted by Gasteiger charge is 2.46. The average Bonchev–Trinajstić information content (AvgIpc) is 3.41. The minimum absolute atomic E-state index is 0.00430. The zero-order valence-electron chi connectivity index (χ0n) is 23.6. The van der Waals surface area contributed by atoms with E-state index in [4.69, 9.17) is 15.7 Å². The van der Waals surface area contributed by atoms with Crippen LogP contribution in [0.4, 0.5) is 10.2 Å². The molecule has 0 radical (unpaired) electrons. The summed E-state index contributed by atoms with van der Waals surface area (Å²) in [6.07, 6.45) is 8.48. The molecule has 1 saturated carbocycles. The molecule has 43 heavy (non-hydrogen) atoms. The van der Waals surface area contributed by atoms with E-state index in [1.165, 1.54) is 11.1 Å². The zero-order valence-corrected chi connectivity index (χ0v) is 23.6. The van der Waals surface area contributed by atoms with Crippen molar-refractivity contribution < 1.29 is 9.18 Å². The van der Waals surface area contributed by atoms with Gasteiger partial charge in [0.2, 0.25) is 5.91 Å². The van der Waals surface area contributed by atoms with Crippen molar-refractivity contribution >= 4 is 22.9 Å². The molecule has 8 rings (SSSR count). The first-order valence-electron chi connectivity index (χ1n) is 15.0. The van der Waals surface area contributed by atoms with Crippen molar-refractivity contribution in [2.75, 3.05) is 18.8 Å². The number of nitrogens with one attached hydrogen (secondary N) is 1. The van der Waals surface area contributed by atoms with E-state index in [1.807, 2.05) is 41.4 Å².